The minimum absolute atomic E-state index is 0.180. The fraction of sp³-hybridized carbons (Fsp3) is 0.286. The Hall–Kier alpha value is -1.41. The standard InChI is InChI=1S/C21H19BrCl2N2O3/c22-16-3-1-15(2-4-16)10-27-18-11-28-21(29-12-18,13-26-8-7-25-14-26)19-6-5-17(23)9-20(19)24/h1-9,14,18H,10-13H2/t18-,21-. The summed E-state index contributed by atoms with van der Waals surface area (Å²) in [5, 5.41) is 1.05. The van der Waals surface area contributed by atoms with Crippen LogP contribution in [0, 0.1) is 0 Å². The van der Waals surface area contributed by atoms with E-state index in [1.165, 1.54) is 0 Å². The van der Waals surface area contributed by atoms with Gasteiger partial charge in [0.15, 0.2) is 0 Å². The summed E-state index contributed by atoms with van der Waals surface area (Å²) in [7, 11) is 0. The molecule has 5 nitrogen and oxygen atoms in total. The van der Waals surface area contributed by atoms with E-state index >= 15 is 0 Å². The summed E-state index contributed by atoms with van der Waals surface area (Å²) in [5.41, 5.74) is 1.81. The summed E-state index contributed by atoms with van der Waals surface area (Å²) in [6.07, 6.45) is 5.10. The molecule has 3 aromatic rings. The maximum Gasteiger partial charge on any atom is 0.215 e. The Morgan fingerprint density at radius 2 is 1.90 bits per heavy atom. The number of aromatic nitrogens is 2. The zero-order chi connectivity index (χ0) is 20.3. The van der Waals surface area contributed by atoms with E-state index in [0.29, 0.717) is 36.4 Å². The zero-order valence-corrected chi connectivity index (χ0v) is 18.5. The van der Waals surface area contributed by atoms with Gasteiger partial charge in [0.2, 0.25) is 5.79 Å². The monoisotopic (exact) mass is 496 g/mol. The predicted octanol–water partition coefficient (Wildman–Crippen LogP) is 5.44. The first kappa shape index (κ1) is 20.8. The molecule has 0 spiro atoms. The van der Waals surface area contributed by atoms with Crippen LogP contribution >= 0.6 is 39.1 Å². The molecule has 2 heterocycles. The van der Waals surface area contributed by atoms with Crippen molar-refractivity contribution in [2.24, 2.45) is 0 Å². The van der Waals surface area contributed by atoms with Crippen molar-refractivity contribution in [3.63, 3.8) is 0 Å². The van der Waals surface area contributed by atoms with Crippen molar-refractivity contribution < 1.29 is 14.2 Å². The fourth-order valence-electron chi connectivity index (χ4n) is 3.19. The molecule has 0 aliphatic carbocycles. The molecule has 0 atom stereocenters. The average molecular weight is 498 g/mol. The van der Waals surface area contributed by atoms with E-state index in [1.54, 1.807) is 24.7 Å². The second-order valence-corrected chi connectivity index (χ2v) is 8.55. The summed E-state index contributed by atoms with van der Waals surface area (Å²) in [6, 6.07) is 13.3. The second-order valence-electron chi connectivity index (χ2n) is 6.79. The van der Waals surface area contributed by atoms with Crippen LogP contribution in [0.1, 0.15) is 11.1 Å². The third kappa shape index (κ3) is 5.02. The van der Waals surface area contributed by atoms with Crippen LogP contribution in [0.4, 0.5) is 0 Å². The third-order valence-electron chi connectivity index (χ3n) is 4.70. The molecule has 1 saturated heterocycles. The van der Waals surface area contributed by atoms with Crippen molar-refractivity contribution in [3.8, 4) is 0 Å². The van der Waals surface area contributed by atoms with Crippen molar-refractivity contribution in [1.82, 2.24) is 9.55 Å². The van der Waals surface area contributed by atoms with Gasteiger partial charge in [0.25, 0.3) is 0 Å². The van der Waals surface area contributed by atoms with E-state index in [-0.39, 0.29) is 6.10 Å². The smallest absolute Gasteiger partial charge is 0.215 e. The van der Waals surface area contributed by atoms with Gasteiger partial charge >= 0.3 is 0 Å². The molecular formula is C21H19BrCl2N2O3. The topological polar surface area (TPSA) is 45.5 Å². The van der Waals surface area contributed by atoms with E-state index < -0.39 is 5.79 Å². The van der Waals surface area contributed by atoms with Gasteiger partial charge in [0, 0.05) is 27.5 Å². The van der Waals surface area contributed by atoms with Crippen LogP contribution in [0.3, 0.4) is 0 Å². The molecule has 0 unspecified atom stereocenters. The van der Waals surface area contributed by atoms with Gasteiger partial charge in [-0.05, 0) is 29.8 Å². The Kier molecular flexibility index (Phi) is 6.59. The first-order valence-electron chi connectivity index (χ1n) is 9.09. The van der Waals surface area contributed by atoms with Crippen LogP contribution in [0.2, 0.25) is 10.0 Å². The number of nitrogens with zero attached hydrogens (tertiary/aromatic N) is 2. The number of hydrogen-bond donors (Lipinski definition) is 0. The molecule has 1 aliphatic rings. The Morgan fingerprint density at radius 1 is 1.14 bits per heavy atom. The van der Waals surface area contributed by atoms with E-state index in [4.69, 9.17) is 37.4 Å². The second kappa shape index (κ2) is 9.16. The van der Waals surface area contributed by atoms with Crippen molar-refractivity contribution in [3.05, 3.63) is 86.8 Å². The Balaban J connectivity index is 1.48. The molecule has 0 radical (unpaired) electrons. The maximum atomic E-state index is 6.48. The summed E-state index contributed by atoms with van der Waals surface area (Å²) in [4.78, 5) is 4.10. The first-order valence-corrected chi connectivity index (χ1v) is 10.6. The molecule has 0 bridgehead atoms. The molecule has 0 saturated carbocycles. The lowest BCUT2D eigenvalue weighted by molar-refractivity contribution is -0.313. The van der Waals surface area contributed by atoms with Gasteiger partial charge in [0.05, 0.1) is 37.7 Å². The molecule has 4 rings (SSSR count). The van der Waals surface area contributed by atoms with Crippen molar-refractivity contribution in [1.29, 1.82) is 0 Å². The molecule has 8 heteroatoms. The summed E-state index contributed by atoms with van der Waals surface area (Å²) < 4.78 is 21.4. The molecule has 1 aliphatic heterocycles. The number of halogens is 3. The highest BCUT2D eigenvalue weighted by molar-refractivity contribution is 9.10. The van der Waals surface area contributed by atoms with Crippen molar-refractivity contribution in [2.45, 2.75) is 25.0 Å². The molecule has 2 aromatic carbocycles. The van der Waals surface area contributed by atoms with Crippen molar-refractivity contribution in [2.75, 3.05) is 13.2 Å². The van der Waals surface area contributed by atoms with Crippen LogP contribution in [-0.2, 0) is 33.1 Å². The number of benzene rings is 2. The van der Waals surface area contributed by atoms with Gasteiger partial charge in [-0.15, -0.1) is 0 Å². The predicted molar refractivity (Wildman–Crippen MR) is 115 cm³/mol. The van der Waals surface area contributed by atoms with Crippen molar-refractivity contribution >= 4 is 39.1 Å². The molecule has 29 heavy (non-hydrogen) atoms. The SMILES string of the molecule is Clc1ccc([C@]2(Cn3ccnc3)OC[C@@H](OCc3ccc(Br)cc3)CO2)c(Cl)c1. The highest BCUT2D eigenvalue weighted by Crippen LogP contribution is 2.38. The van der Waals surface area contributed by atoms with Gasteiger partial charge in [0.1, 0.15) is 6.10 Å². The van der Waals surface area contributed by atoms with E-state index in [0.717, 1.165) is 15.6 Å². The Labute approximate surface area is 187 Å². The van der Waals surface area contributed by atoms with Crippen LogP contribution in [0.15, 0.2) is 65.7 Å². The zero-order valence-electron chi connectivity index (χ0n) is 15.4. The highest BCUT2D eigenvalue weighted by Gasteiger charge is 2.42. The third-order valence-corrected chi connectivity index (χ3v) is 5.77. The summed E-state index contributed by atoms with van der Waals surface area (Å²) in [5.74, 6) is -1.04. The van der Waals surface area contributed by atoms with E-state index in [2.05, 4.69) is 20.9 Å². The van der Waals surface area contributed by atoms with Crippen LogP contribution < -0.4 is 0 Å². The molecule has 1 fully saturated rings. The lowest BCUT2D eigenvalue weighted by atomic mass is 10.0. The summed E-state index contributed by atoms with van der Waals surface area (Å²) in [6.45, 7) is 1.66. The van der Waals surface area contributed by atoms with Gasteiger partial charge in [-0.2, -0.15) is 0 Å². The largest absolute Gasteiger partial charge is 0.369 e. The molecule has 152 valence electrons. The van der Waals surface area contributed by atoms with Gasteiger partial charge < -0.3 is 18.8 Å². The molecule has 0 amide bonds. The minimum Gasteiger partial charge on any atom is -0.369 e. The van der Waals surface area contributed by atoms with E-state index in [1.807, 2.05) is 41.1 Å². The van der Waals surface area contributed by atoms with Gasteiger partial charge in [-0.25, -0.2) is 4.98 Å². The fourth-order valence-corrected chi connectivity index (χ4v) is 4.00. The Morgan fingerprint density at radius 3 is 2.55 bits per heavy atom. The van der Waals surface area contributed by atoms with E-state index in [9.17, 15) is 0 Å². The number of ether oxygens (including phenoxy) is 3. The normalized spacial score (nSPS) is 22.0. The Bertz CT molecular complexity index is 943. The van der Waals surface area contributed by atoms with Gasteiger partial charge in [-0.3, -0.25) is 0 Å². The lowest BCUT2D eigenvalue weighted by Crippen LogP contribution is -2.47. The average Bonchev–Trinajstić information content (AvgIpc) is 3.21. The summed E-state index contributed by atoms with van der Waals surface area (Å²) >= 11 is 16.0. The highest BCUT2D eigenvalue weighted by atomic mass is 79.9. The number of imidazole rings is 1. The molecule has 1 aromatic heterocycles. The number of hydrogen-bond acceptors (Lipinski definition) is 4. The first-order chi connectivity index (χ1) is 14.0. The quantitative estimate of drug-likeness (QED) is 0.455. The minimum atomic E-state index is -1.04. The molecular weight excluding hydrogens is 479 g/mol. The lowest BCUT2D eigenvalue weighted by Gasteiger charge is -2.40. The number of rotatable bonds is 6. The maximum absolute atomic E-state index is 6.48. The van der Waals surface area contributed by atoms with Crippen LogP contribution in [-0.4, -0.2) is 28.9 Å². The van der Waals surface area contributed by atoms with Gasteiger partial charge in [-0.1, -0.05) is 57.3 Å². The van der Waals surface area contributed by atoms with Crippen LogP contribution in [0.25, 0.3) is 0 Å². The molecule has 0 N–H and O–H groups in total. The van der Waals surface area contributed by atoms with Crippen LogP contribution in [0.5, 0.6) is 0 Å².